The smallest absolute Gasteiger partial charge is 0.255 e. The van der Waals surface area contributed by atoms with Crippen LogP contribution in [0, 0.1) is 5.82 Å². The van der Waals surface area contributed by atoms with Crippen LogP contribution in [0.4, 0.5) is 4.39 Å². The lowest BCUT2D eigenvalue weighted by Gasteiger charge is -2.17. The molecule has 1 unspecified atom stereocenters. The largest absolute Gasteiger partial charge is 0.338 e. The Balaban J connectivity index is 1.74. The molecule has 1 fully saturated rings. The number of amides is 1. The molecule has 21 heavy (non-hydrogen) atoms. The average Bonchev–Trinajstić information content (AvgIpc) is 2.98. The fraction of sp³-hybridized carbons (Fsp3) is 0.250. The first-order chi connectivity index (χ1) is 10.1. The summed E-state index contributed by atoms with van der Waals surface area (Å²) < 4.78 is 13.7. The molecule has 2 aromatic rings. The molecule has 1 atom stereocenters. The molecule has 1 saturated heterocycles. The van der Waals surface area contributed by atoms with Crippen molar-refractivity contribution >= 4 is 21.8 Å². The van der Waals surface area contributed by atoms with Crippen molar-refractivity contribution in [1.82, 2.24) is 9.88 Å². The highest BCUT2D eigenvalue weighted by molar-refractivity contribution is 9.10. The zero-order valence-electron chi connectivity index (χ0n) is 11.3. The Hall–Kier alpha value is -1.75. The van der Waals surface area contributed by atoms with Gasteiger partial charge in [-0.1, -0.05) is 12.1 Å². The van der Waals surface area contributed by atoms with Crippen molar-refractivity contribution in [3.05, 3.63) is 64.1 Å². The number of rotatable bonds is 2. The second kappa shape index (κ2) is 5.93. The van der Waals surface area contributed by atoms with E-state index in [4.69, 9.17) is 0 Å². The molecule has 3 rings (SSSR count). The summed E-state index contributed by atoms with van der Waals surface area (Å²) in [6, 6.07) is 8.27. The van der Waals surface area contributed by atoms with Gasteiger partial charge in [-0.3, -0.25) is 9.78 Å². The summed E-state index contributed by atoms with van der Waals surface area (Å²) >= 11 is 3.36. The van der Waals surface area contributed by atoms with Gasteiger partial charge in [0.2, 0.25) is 0 Å². The molecule has 1 aromatic heterocycles. The maximum Gasteiger partial charge on any atom is 0.255 e. The van der Waals surface area contributed by atoms with Crippen LogP contribution in [0.2, 0.25) is 0 Å². The Bertz CT molecular complexity index is 660. The Morgan fingerprint density at radius 3 is 2.76 bits per heavy atom. The second-order valence-electron chi connectivity index (χ2n) is 5.14. The predicted molar refractivity (Wildman–Crippen MR) is 81.6 cm³/mol. The standard InChI is InChI=1S/C16H14BrFN2O/c17-15-9-19-7-5-14(15)16(21)20-8-6-12(10-20)11-1-3-13(18)4-2-11/h1-5,7,9,12H,6,8,10H2. The number of benzene rings is 1. The lowest BCUT2D eigenvalue weighted by molar-refractivity contribution is 0.0789. The summed E-state index contributed by atoms with van der Waals surface area (Å²) in [7, 11) is 0. The maximum atomic E-state index is 13.0. The Morgan fingerprint density at radius 1 is 1.29 bits per heavy atom. The highest BCUT2D eigenvalue weighted by atomic mass is 79.9. The molecule has 1 aliphatic rings. The molecule has 1 aliphatic heterocycles. The number of carbonyl (C=O) groups is 1. The van der Waals surface area contributed by atoms with Gasteiger partial charge in [0.15, 0.2) is 0 Å². The minimum absolute atomic E-state index is 0.00823. The predicted octanol–water partition coefficient (Wildman–Crippen LogP) is 3.61. The molecule has 1 amide bonds. The summed E-state index contributed by atoms with van der Waals surface area (Å²) in [5.41, 5.74) is 1.71. The fourth-order valence-electron chi connectivity index (χ4n) is 2.67. The van der Waals surface area contributed by atoms with Gasteiger partial charge in [-0.15, -0.1) is 0 Å². The molecular formula is C16H14BrFN2O. The van der Waals surface area contributed by atoms with Gasteiger partial charge in [-0.05, 0) is 46.1 Å². The van der Waals surface area contributed by atoms with Crippen molar-refractivity contribution in [2.45, 2.75) is 12.3 Å². The zero-order chi connectivity index (χ0) is 14.8. The van der Waals surface area contributed by atoms with E-state index in [9.17, 15) is 9.18 Å². The van der Waals surface area contributed by atoms with Crippen molar-refractivity contribution in [2.75, 3.05) is 13.1 Å². The molecule has 2 heterocycles. The summed E-state index contributed by atoms with van der Waals surface area (Å²) in [6.07, 6.45) is 4.15. The van der Waals surface area contributed by atoms with E-state index in [-0.39, 0.29) is 17.6 Å². The SMILES string of the molecule is O=C(c1ccncc1Br)N1CCC(c2ccc(F)cc2)C1. The van der Waals surface area contributed by atoms with Gasteiger partial charge < -0.3 is 4.90 Å². The molecule has 108 valence electrons. The van der Waals surface area contributed by atoms with Crippen LogP contribution >= 0.6 is 15.9 Å². The molecule has 3 nitrogen and oxygen atoms in total. The topological polar surface area (TPSA) is 33.2 Å². The summed E-state index contributed by atoms with van der Waals surface area (Å²) in [6.45, 7) is 1.38. The van der Waals surface area contributed by atoms with Crippen LogP contribution in [-0.2, 0) is 0 Å². The van der Waals surface area contributed by atoms with Gasteiger partial charge in [0.1, 0.15) is 5.82 Å². The van der Waals surface area contributed by atoms with Crippen molar-refractivity contribution in [2.24, 2.45) is 0 Å². The third-order valence-corrected chi connectivity index (χ3v) is 4.45. The zero-order valence-corrected chi connectivity index (χ0v) is 12.9. The first-order valence-corrected chi connectivity index (χ1v) is 7.58. The van der Waals surface area contributed by atoms with Gasteiger partial charge in [0.05, 0.1) is 5.56 Å². The highest BCUT2D eigenvalue weighted by Crippen LogP contribution is 2.29. The number of halogens is 2. The van der Waals surface area contributed by atoms with Crippen molar-refractivity contribution in [3.63, 3.8) is 0 Å². The Labute approximate surface area is 130 Å². The van der Waals surface area contributed by atoms with Crippen molar-refractivity contribution in [1.29, 1.82) is 0 Å². The second-order valence-corrected chi connectivity index (χ2v) is 6.00. The Kier molecular flexibility index (Phi) is 4.01. The van der Waals surface area contributed by atoms with Crippen molar-refractivity contribution in [3.8, 4) is 0 Å². The number of hydrogen-bond acceptors (Lipinski definition) is 2. The number of hydrogen-bond donors (Lipinski definition) is 0. The van der Waals surface area contributed by atoms with E-state index < -0.39 is 0 Å². The molecule has 0 bridgehead atoms. The van der Waals surface area contributed by atoms with Gasteiger partial charge in [-0.2, -0.15) is 0 Å². The molecule has 0 spiro atoms. The van der Waals surface area contributed by atoms with Crippen LogP contribution in [0.15, 0.2) is 47.2 Å². The third-order valence-electron chi connectivity index (χ3n) is 3.82. The molecule has 5 heteroatoms. The number of pyridine rings is 1. The van der Waals surface area contributed by atoms with E-state index in [1.54, 1.807) is 30.6 Å². The highest BCUT2D eigenvalue weighted by Gasteiger charge is 2.28. The quantitative estimate of drug-likeness (QED) is 0.830. The van der Waals surface area contributed by atoms with Gasteiger partial charge in [0.25, 0.3) is 5.91 Å². The van der Waals surface area contributed by atoms with E-state index in [1.807, 2.05) is 4.90 Å². The average molecular weight is 349 g/mol. The lowest BCUT2D eigenvalue weighted by atomic mass is 9.99. The molecular weight excluding hydrogens is 335 g/mol. The van der Waals surface area contributed by atoms with Crippen LogP contribution in [0.3, 0.4) is 0 Å². The normalized spacial score (nSPS) is 18.0. The molecule has 1 aromatic carbocycles. The first kappa shape index (κ1) is 14.2. The molecule has 0 radical (unpaired) electrons. The van der Waals surface area contributed by atoms with E-state index in [0.29, 0.717) is 16.6 Å². The fourth-order valence-corrected chi connectivity index (χ4v) is 3.09. The monoisotopic (exact) mass is 348 g/mol. The van der Waals surface area contributed by atoms with Crippen LogP contribution in [0.1, 0.15) is 28.3 Å². The number of nitrogens with zero attached hydrogens (tertiary/aromatic N) is 2. The minimum Gasteiger partial charge on any atom is -0.338 e. The molecule has 0 N–H and O–H groups in total. The minimum atomic E-state index is -0.231. The van der Waals surface area contributed by atoms with Crippen molar-refractivity contribution < 1.29 is 9.18 Å². The van der Waals surface area contributed by atoms with E-state index in [2.05, 4.69) is 20.9 Å². The van der Waals surface area contributed by atoms with Gasteiger partial charge in [-0.25, -0.2) is 4.39 Å². The van der Waals surface area contributed by atoms with Crippen LogP contribution in [0.25, 0.3) is 0 Å². The van der Waals surface area contributed by atoms with Crippen LogP contribution < -0.4 is 0 Å². The van der Waals surface area contributed by atoms with Crippen LogP contribution in [0.5, 0.6) is 0 Å². The number of carbonyl (C=O) groups excluding carboxylic acids is 1. The molecule has 0 saturated carbocycles. The van der Waals surface area contributed by atoms with E-state index >= 15 is 0 Å². The van der Waals surface area contributed by atoms with Crippen LogP contribution in [-0.4, -0.2) is 28.9 Å². The maximum absolute atomic E-state index is 13.0. The first-order valence-electron chi connectivity index (χ1n) is 6.79. The van der Waals surface area contributed by atoms with E-state index in [0.717, 1.165) is 18.5 Å². The molecule has 0 aliphatic carbocycles. The number of likely N-dealkylation sites (tertiary alicyclic amines) is 1. The third kappa shape index (κ3) is 2.97. The summed E-state index contributed by atoms with van der Waals surface area (Å²) in [4.78, 5) is 18.3. The lowest BCUT2D eigenvalue weighted by Crippen LogP contribution is -2.28. The Morgan fingerprint density at radius 2 is 2.05 bits per heavy atom. The van der Waals surface area contributed by atoms with E-state index in [1.165, 1.54) is 12.1 Å². The summed E-state index contributed by atoms with van der Waals surface area (Å²) in [5, 5.41) is 0. The number of aromatic nitrogens is 1. The summed E-state index contributed by atoms with van der Waals surface area (Å²) in [5.74, 6) is 0.0504. The van der Waals surface area contributed by atoms with Gasteiger partial charge in [0, 0.05) is 35.9 Å². The van der Waals surface area contributed by atoms with Gasteiger partial charge >= 0.3 is 0 Å².